The third kappa shape index (κ3) is 5.45. The lowest BCUT2D eigenvalue weighted by molar-refractivity contribution is -0.119. The number of carbonyl (C=O) groups excluding carboxylic acids is 3. The van der Waals surface area contributed by atoms with E-state index in [4.69, 9.17) is 5.73 Å². The molecule has 18 heavy (non-hydrogen) atoms. The molecule has 1 heterocycles. The van der Waals surface area contributed by atoms with Crippen LogP contribution >= 0.6 is 0 Å². The fourth-order valence-corrected chi connectivity index (χ4v) is 1.10. The predicted molar refractivity (Wildman–Crippen MR) is 63.6 cm³/mol. The minimum atomic E-state index is -0.916. The maximum absolute atomic E-state index is 11.4. The molecular formula is C10H13N5O3. The van der Waals surface area contributed by atoms with Gasteiger partial charge in [0.1, 0.15) is 0 Å². The van der Waals surface area contributed by atoms with Crippen LogP contribution < -0.4 is 21.7 Å². The average Bonchev–Trinajstić information content (AvgIpc) is 2.29. The fraction of sp³-hybridized carbons (Fsp3) is 0.200. The van der Waals surface area contributed by atoms with Crippen molar-refractivity contribution < 1.29 is 14.4 Å². The molecule has 96 valence electrons. The maximum Gasteiger partial charge on any atom is 0.319 e. The quantitative estimate of drug-likeness (QED) is 0.590. The van der Waals surface area contributed by atoms with Crippen LogP contribution in [0.3, 0.4) is 0 Å². The molecule has 1 aromatic rings. The number of hydrogen-bond donors (Lipinski definition) is 4. The molecule has 5 amide bonds. The standard InChI is InChI=1S/C10H13N5O3/c11-9(17)15-8(16)3-6-13-10(18)14-7-1-4-12-5-2-7/h1-2,4-5H,3,6H2,(H3,11,15,16,17)(H2,12,13,14,18). The average molecular weight is 251 g/mol. The molecule has 0 spiro atoms. The third-order valence-corrected chi connectivity index (χ3v) is 1.84. The van der Waals surface area contributed by atoms with E-state index in [0.29, 0.717) is 5.69 Å². The van der Waals surface area contributed by atoms with Gasteiger partial charge in [0.2, 0.25) is 5.91 Å². The summed E-state index contributed by atoms with van der Waals surface area (Å²) in [6.45, 7) is 0.0933. The molecule has 0 aromatic carbocycles. The van der Waals surface area contributed by atoms with Crippen molar-refractivity contribution >= 4 is 23.7 Å². The first-order valence-electron chi connectivity index (χ1n) is 5.12. The van der Waals surface area contributed by atoms with Gasteiger partial charge in [0.25, 0.3) is 0 Å². The van der Waals surface area contributed by atoms with E-state index in [-0.39, 0.29) is 13.0 Å². The van der Waals surface area contributed by atoms with E-state index in [1.807, 2.05) is 5.32 Å². The highest BCUT2D eigenvalue weighted by molar-refractivity contribution is 5.94. The smallest absolute Gasteiger partial charge is 0.319 e. The highest BCUT2D eigenvalue weighted by Gasteiger charge is 2.05. The summed E-state index contributed by atoms with van der Waals surface area (Å²) in [5.41, 5.74) is 5.34. The number of nitrogens with one attached hydrogen (secondary N) is 3. The van der Waals surface area contributed by atoms with Gasteiger partial charge in [0, 0.05) is 31.0 Å². The van der Waals surface area contributed by atoms with Crippen molar-refractivity contribution in [2.75, 3.05) is 11.9 Å². The number of nitrogens with zero attached hydrogens (tertiary/aromatic N) is 1. The van der Waals surface area contributed by atoms with E-state index < -0.39 is 18.0 Å². The van der Waals surface area contributed by atoms with Gasteiger partial charge >= 0.3 is 12.1 Å². The number of hydrogen-bond acceptors (Lipinski definition) is 4. The molecule has 0 bridgehead atoms. The molecule has 0 saturated carbocycles. The summed E-state index contributed by atoms with van der Waals surface area (Å²) in [4.78, 5) is 36.5. The van der Waals surface area contributed by atoms with Crippen LogP contribution in [0.1, 0.15) is 6.42 Å². The van der Waals surface area contributed by atoms with E-state index in [1.54, 1.807) is 12.1 Å². The van der Waals surface area contributed by atoms with Gasteiger partial charge in [-0.1, -0.05) is 0 Å². The van der Waals surface area contributed by atoms with Crippen molar-refractivity contribution in [2.24, 2.45) is 5.73 Å². The molecule has 0 saturated heterocycles. The Bertz CT molecular complexity index is 434. The van der Waals surface area contributed by atoms with Crippen molar-refractivity contribution in [3.8, 4) is 0 Å². The van der Waals surface area contributed by atoms with Crippen LogP contribution in [0.15, 0.2) is 24.5 Å². The monoisotopic (exact) mass is 251 g/mol. The predicted octanol–water partition coefficient (Wildman–Crippen LogP) is -0.212. The summed E-state index contributed by atoms with van der Waals surface area (Å²) < 4.78 is 0. The second-order valence-corrected chi connectivity index (χ2v) is 3.28. The maximum atomic E-state index is 11.4. The molecule has 0 aliphatic heterocycles. The largest absolute Gasteiger partial charge is 0.351 e. The number of pyridine rings is 1. The Morgan fingerprint density at radius 2 is 1.89 bits per heavy atom. The second kappa shape index (κ2) is 6.84. The molecule has 0 fully saturated rings. The summed E-state index contributed by atoms with van der Waals surface area (Å²) in [6.07, 6.45) is 3.04. The van der Waals surface area contributed by atoms with E-state index in [1.165, 1.54) is 12.4 Å². The van der Waals surface area contributed by atoms with Crippen molar-refractivity contribution in [1.82, 2.24) is 15.6 Å². The van der Waals surface area contributed by atoms with Gasteiger partial charge in [-0.3, -0.25) is 15.1 Å². The number of urea groups is 2. The van der Waals surface area contributed by atoms with Crippen LogP contribution in [-0.4, -0.2) is 29.5 Å². The SMILES string of the molecule is NC(=O)NC(=O)CCNC(=O)Nc1ccncc1. The fourth-order valence-electron chi connectivity index (χ4n) is 1.10. The van der Waals surface area contributed by atoms with E-state index in [2.05, 4.69) is 15.6 Å². The van der Waals surface area contributed by atoms with Crippen LogP contribution in [-0.2, 0) is 4.79 Å². The van der Waals surface area contributed by atoms with Gasteiger partial charge in [0.05, 0.1) is 0 Å². The van der Waals surface area contributed by atoms with Gasteiger partial charge in [-0.2, -0.15) is 0 Å². The summed E-state index contributed by atoms with van der Waals surface area (Å²) in [5, 5.41) is 6.88. The second-order valence-electron chi connectivity index (χ2n) is 3.28. The highest BCUT2D eigenvalue weighted by atomic mass is 16.2. The zero-order valence-corrected chi connectivity index (χ0v) is 9.47. The van der Waals surface area contributed by atoms with Crippen LogP contribution in [0, 0.1) is 0 Å². The molecule has 8 heteroatoms. The minimum Gasteiger partial charge on any atom is -0.351 e. The van der Waals surface area contributed by atoms with Crippen LogP contribution in [0.25, 0.3) is 0 Å². The lowest BCUT2D eigenvalue weighted by atomic mass is 10.4. The zero-order valence-electron chi connectivity index (χ0n) is 9.47. The van der Waals surface area contributed by atoms with Gasteiger partial charge in [-0.05, 0) is 12.1 Å². The molecule has 1 aromatic heterocycles. The number of nitrogens with two attached hydrogens (primary N) is 1. The third-order valence-electron chi connectivity index (χ3n) is 1.84. The molecule has 0 aliphatic carbocycles. The lowest BCUT2D eigenvalue weighted by Gasteiger charge is -2.06. The van der Waals surface area contributed by atoms with Gasteiger partial charge in [-0.15, -0.1) is 0 Å². The van der Waals surface area contributed by atoms with Crippen molar-refractivity contribution in [3.63, 3.8) is 0 Å². The molecule has 0 atom stereocenters. The lowest BCUT2D eigenvalue weighted by Crippen LogP contribution is -2.38. The molecule has 0 unspecified atom stereocenters. The van der Waals surface area contributed by atoms with E-state index >= 15 is 0 Å². The first-order chi connectivity index (χ1) is 8.58. The summed E-state index contributed by atoms with van der Waals surface area (Å²) in [7, 11) is 0. The number of primary amides is 1. The minimum absolute atomic E-state index is 0.0350. The van der Waals surface area contributed by atoms with E-state index in [0.717, 1.165) is 0 Å². The van der Waals surface area contributed by atoms with E-state index in [9.17, 15) is 14.4 Å². The van der Waals surface area contributed by atoms with Crippen LogP contribution in [0.5, 0.6) is 0 Å². The number of anilines is 1. The Morgan fingerprint density at radius 3 is 2.50 bits per heavy atom. The van der Waals surface area contributed by atoms with Crippen molar-refractivity contribution in [3.05, 3.63) is 24.5 Å². The Hall–Kier alpha value is -2.64. The number of imide groups is 1. The molecule has 1 rings (SSSR count). The summed E-state index contributed by atoms with van der Waals surface area (Å²) in [5.74, 6) is -0.549. The number of rotatable bonds is 4. The van der Waals surface area contributed by atoms with Crippen molar-refractivity contribution in [1.29, 1.82) is 0 Å². The zero-order chi connectivity index (χ0) is 13.4. The molecule has 5 N–H and O–H groups in total. The molecule has 8 nitrogen and oxygen atoms in total. The van der Waals surface area contributed by atoms with Crippen molar-refractivity contribution in [2.45, 2.75) is 6.42 Å². The van der Waals surface area contributed by atoms with Gasteiger partial charge in [0.15, 0.2) is 0 Å². The normalized spacial score (nSPS) is 9.33. The Kier molecular flexibility index (Phi) is 5.10. The Balaban J connectivity index is 2.22. The number of carbonyl (C=O) groups is 3. The van der Waals surface area contributed by atoms with Crippen LogP contribution in [0.4, 0.5) is 15.3 Å². The first kappa shape index (κ1) is 13.4. The summed E-state index contributed by atoms with van der Waals surface area (Å²) >= 11 is 0. The van der Waals surface area contributed by atoms with Gasteiger partial charge < -0.3 is 16.4 Å². The molecule has 0 aliphatic rings. The first-order valence-corrected chi connectivity index (χ1v) is 5.12. The number of amides is 5. The summed E-state index contributed by atoms with van der Waals surface area (Å²) in [6, 6.07) is 1.88. The van der Waals surface area contributed by atoms with Gasteiger partial charge in [-0.25, -0.2) is 9.59 Å². The molecule has 0 radical (unpaired) electrons. The Labute approximate surface area is 103 Å². The topological polar surface area (TPSA) is 126 Å². The Morgan fingerprint density at radius 1 is 1.22 bits per heavy atom. The molecular weight excluding hydrogens is 238 g/mol. The van der Waals surface area contributed by atoms with Crippen LogP contribution in [0.2, 0.25) is 0 Å². The number of aromatic nitrogens is 1. The highest BCUT2D eigenvalue weighted by Crippen LogP contribution is 2.01.